The van der Waals surface area contributed by atoms with Gasteiger partial charge in [-0.25, -0.2) is 0 Å². The molecule has 0 amide bonds. The minimum atomic E-state index is 0.530. The fourth-order valence-corrected chi connectivity index (χ4v) is 4.83. The van der Waals surface area contributed by atoms with Crippen molar-refractivity contribution in [1.29, 1.82) is 0 Å². The van der Waals surface area contributed by atoms with E-state index < -0.39 is 0 Å². The second-order valence-electron chi connectivity index (χ2n) is 9.94. The summed E-state index contributed by atoms with van der Waals surface area (Å²) < 4.78 is 0.705. The van der Waals surface area contributed by atoms with Crippen LogP contribution in [0.4, 0.5) is 0 Å². The van der Waals surface area contributed by atoms with Crippen molar-refractivity contribution in [1.82, 2.24) is 0 Å². The molecule has 0 heterocycles. The van der Waals surface area contributed by atoms with E-state index in [0.717, 1.165) is 0 Å². The molecule has 0 nitrogen and oxygen atoms in total. The van der Waals surface area contributed by atoms with E-state index in [-0.39, 0.29) is 0 Å². The highest BCUT2D eigenvalue weighted by Gasteiger charge is 2.38. The smallest absolute Gasteiger partial charge is 0.0223 e. The first-order valence-corrected chi connectivity index (χ1v) is 12.6. The fraction of sp³-hybridized carbons (Fsp3) is 0.769. The summed E-state index contributed by atoms with van der Waals surface area (Å²) in [7, 11) is 0. The van der Waals surface area contributed by atoms with Crippen molar-refractivity contribution in [3.8, 4) is 0 Å². The van der Waals surface area contributed by atoms with Gasteiger partial charge in [-0.05, 0) is 92.9 Å². The van der Waals surface area contributed by atoms with Crippen molar-refractivity contribution in [3.05, 3.63) is 34.4 Å². The number of aryl methyl sites for hydroxylation is 2. The van der Waals surface area contributed by atoms with Crippen molar-refractivity contribution in [2.75, 3.05) is 0 Å². The Hall–Kier alpha value is -0.0500. The van der Waals surface area contributed by atoms with Crippen molar-refractivity contribution in [2.24, 2.45) is 5.41 Å². The molecule has 1 aliphatic rings. The lowest BCUT2D eigenvalue weighted by Gasteiger charge is -2.22. The van der Waals surface area contributed by atoms with E-state index in [1.54, 1.807) is 16.7 Å². The van der Waals surface area contributed by atoms with Gasteiger partial charge in [-0.1, -0.05) is 87.6 Å². The van der Waals surface area contributed by atoms with E-state index in [4.69, 9.17) is 0 Å². The second kappa shape index (κ2) is 10.6. The van der Waals surface area contributed by atoms with Crippen LogP contribution in [-0.2, 0) is 12.8 Å². The Labute approximate surface area is 183 Å². The molecule has 1 aliphatic carbocycles. The minimum absolute atomic E-state index is 0.530. The average molecular weight is 483 g/mol. The van der Waals surface area contributed by atoms with Crippen LogP contribution in [0.5, 0.6) is 0 Å². The normalized spacial score (nSPS) is 15.9. The van der Waals surface area contributed by atoms with Gasteiger partial charge in [0.15, 0.2) is 0 Å². The Bertz CT molecular complexity index is 580. The standard InChI is InChI=1S/C26H43I/c1-6-25(4,5)17-11-8-10-14-24-21(2)15-16-23(22(24)3)13-9-7-12-18-26(27)19-20-26/h15-16H,6-14,17-20H2,1-5H3. The van der Waals surface area contributed by atoms with Gasteiger partial charge in [0, 0.05) is 3.42 Å². The molecule has 1 aromatic carbocycles. The van der Waals surface area contributed by atoms with E-state index in [9.17, 15) is 0 Å². The van der Waals surface area contributed by atoms with Gasteiger partial charge in [0.05, 0.1) is 0 Å². The maximum atomic E-state index is 2.69. The number of benzene rings is 1. The third-order valence-electron chi connectivity index (χ3n) is 7.05. The fourth-order valence-electron chi connectivity index (χ4n) is 4.17. The first-order valence-electron chi connectivity index (χ1n) is 11.5. The van der Waals surface area contributed by atoms with Crippen molar-refractivity contribution < 1.29 is 0 Å². The van der Waals surface area contributed by atoms with E-state index >= 15 is 0 Å². The Morgan fingerprint density at radius 1 is 0.926 bits per heavy atom. The molecule has 1 heteroatoms. The maximum absolute atomic E-state index is 2.69. The Morgan fingerprint density at radius 3 is 2.26 bits per heavy atom. The molecule has 2 rings (SSSR count). The first-order chi connectivity index (χ1) is 12.8. The summed E-state index contributed by atoms with van der Waals surface area (Å²) >= 11 is 2.69. The molecule has 0 N–H and O–H groups in total. The predicted octanol–water partition coefficient (Wildman–Crippen LogP) is 8.91. The molecule has 154 valence electrons. The Morgan fingerprint density at radius 2 is 1.59 bits per heavy atom. The summed E-state index contributed by atoms with van der Waals surface area (Å²) in [6, 6.07) is 4.78. The number of halogens is 1. The monoisotopic (exact) mass is 482 g/mol. The van der Waals surface area contributed by atoms with Gasteiger partial charge in [-0.3, -0.25) is 0 Å². The highest BCUT2D eigenvalue weighted by atomic mass is 127. The molecule has 0 radical (unpaired) electrons. The number of hydrogen-bond donors (Lipinski definition) is 0. The SMILES string of the molecule is CCC(C)(C)CCCCCc1c(C)ccc(CCCCCC2(I)CC2)c1C. The quantitative estimate of drug-likeness (QED) is 0.150. The highest BCUT2D eigenvalue weighted by Crippen LogP contribution is 2.49. The van der Waals surface area contributed by atoms with Gasteiger partial charge in [0.1, 0.15) is 0 Å². The van der Waals surface area contributed by atoms with E-state index in [1.165, 1.54) is 89.0 Å². The molecular weight excluding hydrogens is 439 g/mol. The Balaban J connectivity index is 1.74. The van der Waals surface area contributed by atoms with Gasteiger partial charge in [0.2, 0.25) is 0 Å². The molecule has 1 aromatic rings. The van der Waals surface area contributed by atoms with Crippen molar-refractivity contribution in [2.45, 2.75) is 122 Å². The molecule has 0 atom stereocenters. The van der Waals surface area contributed by atoms with Crippen LogP contribution in [0.25, 0.3) is 0 Å². The molecule has 1 fully saturated rings. The summed E-state index contributed by atoms with van der Waals surface area (Å²) in [4.78, 5) is 0. The van der Waals surface area contributed by atoms with Crippen molar-refractivity contribution in [3.63, 3.8) is 0 Å². The third kappa shape index (κ3) is 8.07. The van der Waals surface area contributed by atoms with E-state index in [1.807, 2.05) is 0 Å². The number of rotatable bonds is 13. The molecule has 0 spiro atoms. The van der Waals surface area contributed by atoms with Crippen molar-refractivity contribution >= 4 is 22.6 Å². The van der Waals surface area contributed by atoms with Crippen LogP contribution in [0.3, 0.4) is 0 Å². The summed E-state index contributed by atoms with van der Waals surface area (Å²) in [5, 5.41) is 0. The lowest BCUT2D eigenvalue weighted by molar-refractivity contribution is 0.308. The van der Waals surface area contributed by atoms with Crippen LogP contribution in [0, 0.1) is 19.3 Å². The van der Waals surface area contributed by atoms with Gasteiger partial charge in [0.25, 0.3) is 0 Å². The Kier molecular flexibility index (Phi) is 9.16. The number of unbranched alkanes of at least 4 members (excludes halogenated alkanes) is 4. The molecule has 0 bridgehead atoms. The zero-order chi connectivity index (χ0) is 19.9. The molecular formula is C26H43I. The molecule has 1 saturated carbocycles. The molecule has 27 heavy (non-hydrogen) atoms. The third-order valence-corrected chi connectivity index (χ3v) is 8.66. The van der Waals surface area contributed by atoms with Gasteiger partial charge >= 0.3 is 0 Å². The number of alkyl halides is 1. The summed E-state index contributed by atoms with van der Waals surface area (Å²) in [5.74, 6) is 0. The second-order valence-corrected chi connectivity index (χ2v) is 12.2. The average Bonchev–Trinajstić information content (AvgIpc) is 3.36. The molecule has 0 aliphatic heterocycles. The first kappa shape index (κ1) is 23.2. The zero-order valence-corrected chi connectivity index (χ0v) is 20.9. The van der Waals surface area contributed by atoms with Crippen LogP contribution in [-0.4, -0.2) is 3.42 Å². The van der Waals surface area contributed by atoms with Crippen LogP contribution in [0.15, 0.2) is 12.1 Å². The maximum Gasteiger partial charge on any atom is 0.0223 e. The molecule has 0 unspecified atom stereocenters. The van der Waals surface area contributed by atoms with Gasteiger partial charge in [-0.2, -0.15) is 0 Å². The van der Waals surface area contributed by atoms with Crippen LogP contribution in [0.1, 0.15) is 114 Å². The zero-order valence-electron chi connectivity index (χ0n) is 18.7. The summed E-state index contributed by atoms with van der Waals surface area (Å²) in [5.41, 5.74) is 6.88. The largest absolute Gasteiger partial charge is 0.0789 e. The topological polar surface area (TPSA) is 0 Å². The molecule has 0 saturated heterocycles. The minimum Gasteiger partial charge on any atom is -0.0789 e. The van der Waals surface area contributed by atoms with E-state index in [2.05, 4.69) is 69.3 Å². The van der Waals surface area contributed by atoms with E-state index in [0.29, 0.717) is 8.84 Å². The lowest BCUT2D eigenvalue weighted by Crippen LogP contribution is -2.09. The number of hydrogen-bond acceptors (Lipinski definition) is 0. The predicted molar refractivity (Wildman–Crippen MR) is 130 cm³/mol. The summed E-state index contributed by atoms with van der Waals surface area (Å²) in [6.07, 6.45) is 17.9. The lowest BCUT2D eigenvalue weighted by atomic mass is 9.84. The highest BCUT2D eigenvalue weighted by molar-refractivity contribution is 14.1. The summed E-state index contributed by atoms with van der Waals surface area (Å²) in [6.45, 7) is 11.8. The van der Waals surface area contributed by atoms with Gasteiger partial charge in [-0.15, -0.1) is 0 Å². The van der Waals surface area contributed by atoms with Crippen LogP contribution < -0.4 is 0 Å². The van der Waals surface area contributed by atoms with Crippen LogP contribution >= 0.6 is 22.6 Å². The van der Waals surface area contributed by atoms with Gasteiger partial charge < -0.3 is 0 Å². The molecule has 0 aromatic heterocycles. The van der Waals surface area contributed by atoms with Crippen LogP contribution in [0.2, 0.25) is 0 Å².